The first-order valence-electron chi connectivity index (χ1n) is 11.4. The highest BCUT2D eigenvalue weighted by Gasteiger charge is 2.35. The van der Waals surface area contributed by atoms with Crippen molar-refractivity contribution in [1.29, 1.82) is 0 Å². The molecular weight excluding hydrogens is 488 g/mol. The van der Waals surface area contributed by atoms with E-state index >= 15 is 0 Å². The summed E-state index contributed by atoms with van der Waals surface area (Å²) in [5.41, 5.74) is 0. The lowest BCUT2D eigenvalue weighted by Crippen LogP contribution is -2.62. The van der Waals surface area contributed by atoms with Crippen LogP contribution in [0.3, 0.4) is 0 Å². The zero-order valence-electron chi connectivity index (χ0n) is 19.9. The zero-order chi connectivity index (χ0) is 27.4. The molecule has 0 radical (unpaired) electrons. The van der Waals surface area contributed by atoms with Gasteiger partial charge in [0.05, 0.1) is 46.1 Å². The quantitative estimate of drug-likeness (QED) is 0.107. The molecule has 0 aromatic rings. The van der Waals surface area contributed by atoms with Gasteiger partial charge in [-0.25, -0.2) is 0 Å². The number of nitrogens with zero attached hydrogens (tertiary/aromatic N) is 4. The standard InChI is InChI=1S/C20H38N4O12/c25-9-13-1-21(5-17(29)30)14(10-26)2-23(7-19(33)34)16(12-28)4-24(8-20(35)36)15(11-27)3-22(13)6-18(31)32/h13-17,25-30H,1-12H2,(H,31,32)(H,33,34)(H,35,36). The maximum Gasteiger partial charge on any atom is 0.317 e. The molecule has 1 saturated heterocycles. The van der Waals surface area contributed by atoms with Crippen LogP contribution in [-0.4, -0.2) is 193 Å². The molecule has 0 aromatic carbocycles. The number of β-amino-alcohol motifs (C(OH)–C–C–N with tert-alkyl or cyclic N) is 2. The van der Waals surface area contributed by atoms with E-state index in [4.69, 9.17) is 0 Å². The second kappa shape index (κ2) is 16.0. The van der Waals surface area contributed by atoms with Gasteiger partial charge in [-0.2, -0.15) is 0 Å². The smallest absolute Gasteiger partial charge is 0.317 e. The Hall–Kier alpha value is -1.99. The van der Waals surface area contributed by atoms with Gasteiger partial charge in [0.15, 0.2) is 6.29 Å². The molecule has 0 aliphatic carbocycles. The van der Waals surface area contributed by atoms with Crippen LogP contribution in [0.2, 0.25) is 0 Å². The Bertz CT molecular complexity index is 686. The Morgan fingerprint density at radius 3 is 1.03 bits per heavy atom. The number of hydrogen-bond acceptors (Lipinski definition) is 13. The SMILES string of the molecule is O=C(O)CN1CC(CO)N(CC(=O)O)CC(CO)N(CC(O)O)CC(CO)N(CC(=O)O)CC1CO. The Morgan fingerprint density at radius 1 is 0.556 bits per heavy atom. The molecule has 1 heterocycles. The second-order valence-electron chi connectivity index (χ2n) is 8.75. The highest BCUT2D eigenvalue weighted by Crippen LogP contribution is 2.16. The van der Waals surface area contributed by atoms with Crippen molar-refractivity contribution in [3.8, 4) is 0 Å². The summed E-state index contributed by atoms with van der Waals surface area (Å²) in [5.74, 6) is -3.81. The number of aliphatic carboxylic acids is 3. The fourth-order valence-corrected chi connectivity index (χ4v) is 4.37. The van der Waals surface area contributed by atoms with Crippen LogP contribution in [0.5, 0.6) is 0 Å². The summed E-state index contributed by atoms with van der Waals surface area (Å²) in [5, 5.41) is 87.7. The third-order valence-electron chi connectivity index (χ3n) is 6.10. The molecule has 1 aliphatic rings. The van der Waals surface area contributed by atoms with Crippen LogP contribution in [-0.2, 0) is 14.4 Å². The van der Waals surface area contributed by atoms with E-state index in [1.165, 1.54) is 19.6 Å². The predicted octanol–water partition coefficient (Wildman–Crippen LogP) is -5.78. The minimum absolute atomic E-state index is 0.186. The number of hydrogen-bond donors (Lipinski definition) is 9. The number of aliphatic hydroxyl groups is 6. The molecular formula is C20H38N4O12. The van der Waals surface area contributed by atoms with Gasteiger partial charge in [-0.15, -0.1) is 0 Å². The topological polar surface area (TPSA) is 246 Å². The van der Waals surface area contributed by atoms with Crippen LogP contribution in [0, 0.1) is 0 Å². The van der Waals surface area contributed by atoms with Crippen molar-refractivity contribution in [2.24, 2.45) is 0 Å². The molecule has 0 saturated carbocycles. The minimum Gasteiger partial charge on any atom is -0.480 e. The molecule has 0 bridgehead atoms. The van der Waals surface area contributed by atoms with Gasteiger partial charge in [0.2, 0.25) is 0 Å². The van der Waals surface area contributed by atoms with Crippen molar-refractivity contribution >= 4 is 17.9 Å². The first-order valence-corrected chi connectivity index (χ1v) is 11.4. The van der Waals surface area contributed by atoms with E-state index in [2.05, 4.69) is 0 Å². The molecule has 4 unspecified atom stereocenters. The van der Waals surface area contributed by atoms with Gasteiger partial charge in [0.1, 0.15) is 0 Å². The van der Waals surface area contributed by atoms with Gasteiger partial charge < -0.3 is 46.0 Å². The third kappa shape index (κ3) is 10.6. The first kappa shape index (κ1) is 32.0. The summed E-state index contributed by atoms with van der Waals surface area (Å²) in [7, 11) is 0. The number of carboxylic acid groups (broad SMARTS) is 3. The molecule has 0 spiro atoms. The van der Waals surface area contributed by atoms with E-state index in [0.29, 0.717) is 0 Å². The summed E-state index contributed by atoms with van der Waals surface area (Å²) in [6.07, 6.45) is -1.88. The van der Waals surface area contributed by atoms with E-state index in [1.807, 2.05) is 0 Å². The average molecular weight is 527 g/mol. The van der Waals surface area contributed by atoms with Crippen LogP contribution in [0.15, 0.2) is 0 Å². The van der Waals surface area contributed by atoms with Crippen LogP contribution in [0.25, 0.3) is 0 Å². The van der Waals surface area contributed by atoms with Gasteiger partial charge in [-0.3, -0.25) is 34.0 Å². The fourth-order valence-electron chi connectivity index (χ4n) is 4.37. The maximum absolute atomic E-state index is 11.6. The van der Waals surface area contributed by atoms with E-state index in [0.717, 1.165) is 0 Å². The van der Waals surface area contributed by atoms with Gasteiger partial charge >= 0.3 is 17.9 Å². The first-order chi connectivity index (χ1) is 16.9. The highest BCUT2D eigenvalue weighted by atomic mass is 16.5. The summed E-state index contributed by atoms with van der Waals surface area (Å²) in [6, 6.07) is -3.82. The van der Waals surface area contributed by atoms with Gasteiger partial charge in [-0.05, 0) is 0 Å². The lowest BCUT2D eigenvalue weighted by atomic mass is 10.1. The molecule has 0 aromatic heterocycles. The molecule has 210 valence electrons. The second-order valence-corrected chi connectivity index (χ2v) is 8.75. The van der Waals surface area contributed by atoms with Crippen LogP contribution < -0.4 is 0 Å². The Kier molecular flexibility index (Phi) is 14.2. The molecule has 16 heteroatoms. The number of carboxylic acids is 3. The summed E-state index contributed by atoms with van der Waals surface area (Å²) >= 11 is 0. The van der Waals surface area contributed by atoms with Gasteiger partial charge in [-0.1, -0.05) is 0 Å². The van der Waals surface area contributed by atoms with E-state index in [9.17, 15) is 60.3 Å². The highest BCUT2D eigenvalue weighted by molar-refractivity contribution is 5.70. The monoisotopic (exact) mass is 526 g/mol. The number of rotatable bonds is 12. The van der Waals surface area contributed by atoms with Gasteiger partial charge in [0, 0.05) is 56.9 Å². The van der Waals surface area contributed by atoms with E-state index in [-0.39, 0.29) is 26.2 Å². The van der Waals surface area contributed by atoms with Gasteiger partial charge in [0.25, 0.3) is 0 Å². The fraction of sp³-hybridized carbons (Fsp3) is 0.850. The largest absolute Gasteiger partial charge is 0.480 e. The van der Waals surface area contributed by atoms with Crippen molar-refractivity contribution in [1.82, 2.24) is 19.6 Å². The molecule has 1 rings (SSSR count). The Morgan fingerprint density at radius 2 is 0.806 bits per heavy atom. The Labute approximate surface area is 207 Å². The number of aliphatic hydroxyl groups excluding tert-OH is 5. The summed E-state index contributed by atoms with van der Waals surface area (Å²) in [6.45, 7) is -5.50. The Balaban J connectivity index is 3.61. The van der Waals surface area contributed by atoms with E-state index < -0.39 is 101 Å². The van der Waals surface area contributed by atoms with Crippen molar-refractivity contribution in [2.75, 3.05) is 78.8 Å². The summed E-state index contributed by atoms with van der Waals surface area (Å²) in [4.78, 5) is 39.9. The van der Waals surface area contributed by atoms with Crippen molar-refractivity contribution in [3.63, 3.8) is 0 Å². The molecule has 1 fully saturated rings. The predicted molar refractivity (Wildman–Crippen MR) is 121 cm³/mol. The van der Waals surface area contributed by atoms with Crippen LogP contribution in [0.4, 0.5) is 0 Å². The van der Waals surface area contributed by atoms with Crippen molar-refractivity contribution < 1.29 is 60.3 Å². The van der Waals surface area contributed by atoms with Crippen molar-refractivity contribution in [3.05, 3.63) is 0 Å². The zero-order valence-corrected chi connectivity index (χ0v) is 19.9. The lowest BCUT2D eigenvalue weighted by molar-refractivity contribution is -0.144. The molecule has 0 amide bonds. The van der Waals surface area contributed by atoms with Crippen molar-refractivity contribution in [2.45, 2.75) is 30.5 Å². The molecule has 16 nitrogen and oxygen atoms in total. The third-order valence-corrected chi connectivity index (χ3v) is 6.10. The molecule has 1 aliphatic heterocycles. The molecule has 9 N–H and O–H groups in total. The average Bonchev–Trinajstić information content (AvgIpc) is 2.78. The van der Waals surface area contributed by atoms with E-state index in [1.54, 1.807) is 0 Å². The molecule has 36 heavy (non-hydrogen) atoms. The molecule has 4 atom stereocenters. The van der Waals surface area contributed by atoms with Crippen LogP contribution in [0.1, 0.15) is 0 Å². The lowest BCUT2D eigenvalue weighted by Gasteiger charge is -2.44. The minimum atomic E-state index is -1.88. The normalized spacial score (nSPS) is 26.4. The van der Waals surface area contributed by atoms with Crippen LogP contribution >= 0.6 is 0 Å². The summed E-state index contributed by atoms with van der Waals surface area (Å²) < 4.78 is 0. The number of carbonyl (C=O) groups is 3. The maximum atomic E-state index is 11.6.